The topological polar surface area (TPSA) is 84.1 Å². The zero-order valence-corrected chi connectivity index (χ0v) is 14.4. The highest BCUT2D eigenvalue weighted by Gasteiger charge is 2.34. The van der Waals surface area contributed by atoms with Crippen LogP contribution in [0.5, 0.6) is 0 Å². The van der Waals surface area contributed by atoms with Crippen molar-refractivity contribution in [2.24, 2.45) is 0 Å². The third-order valence-corrected chi connectivity index (χ3v) is 3.42. The minimum atomic E-state index is -0.842. The first-order valence-corrected chi connectivity index (χ1v) is 7.78. The van der Waals surface area contributed by atoms with Crippen molar-refractivity contribution in [3.63, 3.8) is 0 Å². The maximum Gasteiger partial charge on any atom is 0.408 e. The fourth-order valence-electron chi connectivity index (χ4n) is 2.40. The molecule has 6 heteroatoms. The number of amides is 1. The Morgan fingerprint density at radius 1 is 1.25 bits per heavy atom. The van der Waals surface area contributed by atoms with Crippen molar-refractivity contribution in [1.82, 2.24) is 15.3 Å². The zero-order chi connectivity index (χ0) is 17.8. The third-order valence-electron chi connectivity index (χ3n) is 3.42. The smallest absolute Gasteiger partial charge is 0.408 e. The number of carbonyl (C=O) groups excluding carboxylic acids is 2. The molecule has 0 radical (unpaired) electrons. The first-order valence-electron chi connectivity index (χ1n) is 7.78. The summed E-state index contributed by atoms with van der Waals surface area (Å²) in [7, 11) is 0. The normalized spacial score (nSPS) is 13.8. The largest absolute Gasteiger partial charge is 0.444 e. The SMILES string of the molecule is CC(C)(C)OC(=O)NC(C)(Cc1ccccc1)c1nc(C=O)c[nH]1. The molecule has 6 nitrogen and oxygen atoms in total. The Bertz CT molecular complexity index is 704. The van der Waals surface area contributed by atoms with Gasteiger partial charge in [-0.25, -0.2) is 9.78 Å². The molecule has 2 aromatic rings. The summed E-state index contributed by atoms with van der Waals surface area (Å²) in [5.74, 6) is 0.499. The molecular formula is C18H23N3O3. The van der Waals surface area contributed by atoms with Crippen molar-refractivity contribution in [2.75, 3.05) is 0 Å². The van der Waals surface area contributed by atoms with Gasteiger partial charge in [-0.15, -0.1) is 0 Å². The molecule has 1 atom stereocenters. The maximum atomic E-state index is 12.3. The van der Waals surface area contributed by atoms with Crippen molar-refractivity contribution in [2.45, 2.75) is 45.3 Å². The molecule has 128 valence electrons. The lowest BCUT2D eigenvalue weighted by atomic mass is 9.92. The number of carbonyl (C=O) groups is 2. The van der Waals surface area contributed by atoms with Crippen molar-refractivity contribution in [3.8, 4) is 0 Å². The molecule has 2 N–H and O–H groups in total. The molecule has 0 fully saturated rings. The highest BCUT2D eigenvalue weighted by Crippen LogP contribution is 2.24. The van der Waals surface area contributed by atoms with Gasteiger partial charge in [0.25, 0.3) is 0 Å². The van der Waals surface area contributed by atoms with Gasteiger partial charge in [0, 0.05) is 12.6 Å². The third kappa shape index (κ3) is 4.68. The zero-order valence-electron chi connectivity index (χ0n) is 14.4. The van der Waals surface area contributed by atoms with Gasteiger partial charge >= 0.3 is 6.09 Å². The standard InChI is InChI=1S/C18H23N3O3/c1-17(2,3)24-16(23)21-18(4,10-13-8-6-5-7-9-13)15-19-11-14(12-22)20-15/h5-9,11-12H,10H2,1-4H3,(H,19,20)(H,21,23). The maximum absolute atomic E-state index is 12.3. The van der Waals surface area contributed by atoms with E-state index in [1.807, 2.05) is 37.3 Å². The molecule has 1 aromatic heterocycles. The van der Waals surface area contributed by atoms with Crippen LogP contribution in [0.25, 0.3) is 0 Å². The van der Waals surface area contributed by atoms with E-state index in [0.29, 0.717) is 18.5 Å². The summed E-state index contributed by atoms with van der Waals surface area (Å²) < 4.78 is 5.36. The van der Waals surface area contributed by atoms with Crippen LogP contribution in [0.1, 0.15) is 49.6 Å². The summed E-state index contributed by atoms with van der Waals surface area (Å²) in [6.45, 7) is 7.26. The average Bonchev–Trinajstić information content (AvgIpc) is 2.95. The number of rotatable bonds is 5. The lowest BCUT2D eigenvalue weighted by Crippen LogP contribution is -2.48. The quantitative estimate of drug-likeness (QED) is 0.825. The number of hydrogen-bond donors (Lipinski definition) is 2. The summed E-state index contributed by atoms with van der Waals surface area (Å²) in [6, 6.07) is 9.74. The number of aromatic nitrogens is 2. The highest BCUT2D eigenvalue weighted by atomic mass is 16.6. The Labute approximate surface area is 141 Å². The molecule has 0 saturated carbocycles. The minimum Gasteiger partial charge on any atom is -0.444 e. The molecule has 0 spiro atoms. The summed E-state index contributed by atoms with van der Waals surface area (Å²) in [5.41, 5.74) is -0.129. The van der Waals surface area contributed by atoms with E-state index >= 15 is 0 Å². The Balaban J connectivity index is 2.29. The van der Waals surface area contributed by atoms with E-state index in [1.165, 1.54) is 6.20 Å². The van der Waals surface area contributed by atoms with Crippen LogP contribution in [0.15, 0.2) is 36.5 Å². The van der Waals surface area contributed by atoms with E-state index in [1.54, 1.807) is 20.8 Å². The van der Waals surface area contributed by atoms with Gasteiger partial charge in [-0.05, 0) is 33.3 Å². The van der Waals surface area contributed by atoms with Gasteiger partial charge in [0.2, 0.25) is 0 Å². The Kier molecular flexibility index (Phi) is 5.07. The van der Waals surface area contributed by atoms with E-state index < -0.39 is 17.2 Å². The fraction of sp³-hybridized carbons (Fsp3) is 0.389. The lowest BCUT2D eigenvalue weighted by Gasteiger charge is -2.30. The Hall–Kier alpha value is -2.63. The molecule has 24 heavy (non-hydrogen) atoms. The number of nitrogens with zero attached hydrogens (tertiary/aromatic N) is 1. The first-order chi connectivity index (χ1) is 11.2. The summed E-state index contributed by atoms with van der Waals surface area (Å²) in [6.07, 6.45) is 2.14. The predicted molar refractivity (Wildman–Crippen MR) is 90.8 cm³/mol. The van der Waals surface area contributed by atoms with Crippen molar-refractivity contribution >= 4 is 12.4 Å². The van der Waals surface area contributed by atoms with Gasteiger partial charge in [0.15, 0.2) is 6.29 Å². The van der Waals surface area contributed by atoms with E-state index in [2.05, 4.69) is 15.3 Å². The molecule has 1 amide bonds. The van der Waals surface area contributed by atoms with Crippen LogP contribution in [-0.4, -0.2) is 27.9 Å². The summed E-state index contributed by atoms with van der Waals surface area (Å²) >= 11 is 0. The number of imidazole rings is 1. The molecule has 0 saturated heterocycles. The van der Waals surface area contributed by atoms with Crippen LogP contribution in [-0.2, 0) is 16.7 Å². The van der Waals surface area contributed by atoms with E-state index in [4.69, 9.17) is 4.74 Å². The lowest BCUT2D eigenvalue weighted by molar-refractivity contribution is 0.0456. The van der Waals surface area contributed by atoms with Crippen molar-refractivity contribution in [1.29, 1.82) is 0 Å². The molecule has 0 aliphatic carbocycles. The second kappa shape index (κ2) is 6.86. The van der Waals surface area contributed by atoms with Crippen LogP contribution in [0.4, 0.5) is 4.79 Å². The number of benzene rings is 1. The van der Waals surface area contributed by atoms with Gasteiger partial charge in [0.05, 0.1) is 0 Å². The van der Waals surface area contributed by atoms with Crippen molar-refractivity contribution < 1.29 is 14.3 Å². The Morgan fingerprint density at radius 3 is 2.46 bits per heavy atom. The van der Waals surface area contributed by atoms with Gasteiger partial charge in [-0.2, -0.15) is 0 Å². The highest BCUT2D eigenvalue weighted by molar-refractivity contribution is 5.72. The molecule has 1 aromatic carbocycles. The van der Waals surface area contributed by atoms with Crippen molar-refractivity contribution in [3.05, 3.63) is 53.6 Å². The monoisotopic (exact) mass is 329 g/mol. The number of nitrogens with one attached hydrogen (secondary N) is 2. The summed E-state index contributed by atoms with van der Waals surface area (Å²) in [5, 5.41) is 2.88. The van der Waals surface area contributed by atoms with Gasteiger partial charge < -0.3 is 15.0 Å². The van der Waals surface area contributed by atoms with Crippen LogP contribution in [0.3, 0.4) is 0 Å². The van der Waals surface area contributed by atoms with Crippen LogP contribution < -0.4 is 5.32 Å². The molecule has 0 bridgehead atoms. The molecular weight excluding hydrogens is 306 g/mol. The summed E-state index contributed by atoms with van der Waals surface area (Å²) in [4.78, 5) is 30.4. The molecule has 0 aliphatic heterocycles. The fourth-order valence-corrected chi connectivity index (χ4v) is 2.40. The van der Waals surface area contributed by atoms with E-state index in [-0.39, 0.29) is 5.69 Å². The molecule has 1 unspecified atom stereocenters. The van der Waals surface area contributed by atoms with Gasteiger partial charge in [-0.1, -0.05) is 30.3 Å². The van der Waals surface area contributed by atoms with E-state index in [9.17, 15) is 9.59 Å². The predicted octanol–water partition coefficient (Wildman–Crippen LogP) is 3.20. The first kappa shape index (κ1) is 17.7. The van der Waals surface area contributed by atoms with Gasteiger partial charge in [0.1, 0.15) is 22.7 Å². The number of ether oxygens (including phenoxy) is 1. The average molecular weight is 329 g/mol. The molecule has 2 rings (SSSR count). The van der Waals surface area contributed by atoms with Crippen LogP contribution >= 0.6 is 0 Å². The van der Waals surface area contributed by atoms with E-state index in [0.717, 1.165) is 5.56 Å². The number of H-pyrrole nitrogens is 1. The second-order valence-electron chi connectivity index (χ2n) is 6.91. The number of aldehydes is 1. The molecule has 1 heterocycles. The number of alkyl carbamates (subject to hydrolysis) is 1. The second-order valence-corrected chi connectivity index (χ2v) is 6.91. The number of hydrogen-bond acceptors (Lipinski definition) is 4. The van der Waals surface area contributed by atoms with Gasteiger partial charge in [-0.3, -0.25) is 4.79 Å². The van der Waals surface area contributed by atoms with Crippen LogP contribution in [0.2, 0.25) is 0 Å². The van der Waals surface area contributed by atoms with Crippen LogP contribution in [0, 0.1) is 0 Å². The molecule has 0 aliphatic rings. The number of aromatic amines is 1. The Morgan fingerprint density at radius 2 is 1.92 bits per heavy atom. The minimum absolute atomic E-state index is 0.287.